The maximum absolute atomic E-state index is 11.7. The molecule has 5 heteroatoms. The third-order valence-corrected chi connectivity index (χ3v) is 3.23. The Balaban J connectivity index is 1.75. The van der Waals surface area contributed by atoms with E-state index < -0.39 is 0 Å². The van der Waals surface area contributed by atoms with Crippen molar-refractivity contribution in [3.05, 3.63) is 36.5 Å². The van der Waals surface area contributed by atoms with Gasteiger partial charge in [-0.2, -0.15) is 0 Å². The summed E-state index contributed by atoms with van der Waals surface area (Å²) in [5.41, 5.74) is 0.552. The molecule has 0 saturated carbocycles. The molecule has 1 saturated heterocycles. The summed E-state index contributed by atoms with van der Waals surface area (Å²) in [6.45, 7) is 5.73. The molecular formula is C15H21N3O2. The van der Waals surface area contributed by atoms with Crippen LogP contribution < -0.4 is 10.6 Å². The van der Waals surface area contributed by atoms with E-state index in [0.717, 1.165) is 38.2 Å². The molecule has 1 atom stereocenters. The van der Waals surface area contributed by atoms with Crippen molar-refractivity contribution in [2.75, 3.05) is 25.0 Å². The van der Waals surface area contributed by atoms with Gasteiger partial charge in [0.2, 0.25) is 0 Å². The maximum atomic E-state index is 11.7. The van der Waals surface area contributed by atoms with Crippen molar-refractivity contribution in [2.45, 2.75) is 25.4 Å². The molecule has 108 valence electrons. The van der Waals surface area contributed by atoms with Gasteiger partial charge in [0.1, 0.15) is 5.82 Å². The number of nitrogens with one attached hydrogen (secondary N) is 2. The van der Waals surface area contributed by atoms with Gasteiger partial charge in [-0.1, -0.05) is 6.08 Å². The van der Waals surface area contributed by atoms with Crippen LogP contribution in [-0.2, 0) is 4.74 Å². The average molecular weight is 275 g/mol. The molecule has 1 aromatic rings. The standard InChI is InChI=1S/C15H21N3O2/c1-2-8-17-15(19)12-5-6-14(18-11-12)16-9-7-13-4-3-10-20-13/h2,5-6,11,13H,1,3-4,7-10H2,(H,16,18)(H,17,19)/t13-/m0/s1. The SMILES string of the molecule is C=CCNC(=O)c1ccc(NCC[C@@H]2CCCO2)nc1. The number of nitrogens with zero attached hydrogens (tertiary/aromatic N) is 1. The lowest BCUT2D eigenvalue weighted by atomic mass is 10.2. The van der Waals surface area contributed by atoms with E-state index in [-0.39, 0.29) is 5.91 Å². The molecule has 0 bridgehead atoms. The fourth-order valence-electron chi connectivity index (χ4n) is 2.13. The normalized spacial score (nSPS) is 17.7. The molecular weight excluding hydrogens is 254 g/mol. The molecule has 2 heterocycles. The first kappa shape index (κ1) is 14.5. The summed E-state index contributed by atoms with van der Waals surface area (Å²) in [6, 6.07) is 3.58. The molecule has 0 radical (unpaired) electrons. The largest absolute Gasteiger partial charge is 0.378 e. The molecule has 2 rings (SSSR count). The number of aromatic nitrogens is 1. The first-order valence-corrected chi connectivity index (χ1v) is 7.00. The Hall–Kier alpha value is -1.88. The van der Waals surface area contributed by atoms with Crippen molar-refractivity contribution in [3.63, 3.8) is 0 Å². The number of ether oxygens (including phenoxy) is 1. The van der Waals surface area contributed by atoms with E-state index in [9.17, 15) is 4.79 Å². The fraction of sp³-hybridized carbons (Fsp3) is 0.467. The van der Waals surface area contributed by atoms with E-state index in [1.54, 1.807) is 18.3 Å². The van der Waals surface area contributed by atoms with E-state index >= 15 is 0 Å². The van der Waals surface area contributed by atoms with Gasteiger partial charge in [0, 0.05) is 25.9 Å². The number of carbonyl (C=O) groups excluding carboxylic acids is 1. The summed E-state index contributed by atoms with van der Waals surface area (Å²) in [5.74, 6) is 0.645. The van der Waals surface area contributed by atoms with Gasteiger partial charge in [-0.15, -0.1) is 6.58 Å². The molecule has 1 fully saturated rings. The smallest absolute Gasteiger partial charge is 0.253 e. The van der Waals surface area contributed by atoms with Gasteiger partial charge in [0.05, 0.1) is 11.7 Å². The maximum Gasteiger partial charge on any atom is 0.253 e. The lowest BCUT2D eigenvalue weighted by Crippen LogP contribution is -2.23. The highest BCUT2D eigenvalue weighted by atomic mass is 16.5. The number of pyridine rings is 1. The van der Waals surface area contributed by atoms with Gasteiger partial charge in [-0.3, -0.25) is 4.79 Å². The second kappa shape index (κ2) is 7.65. The fourth-order valence-corrected chi connectivity index (χ4v) is 2.13. The van der Waals surface area contributed by atoms with E-state index in [2.05, 4.69) is 22.2 Å². The quantitative estimate of drug-likeness (QED) is 0.747. The monoisotopic (exact) mass is 275 g/mol. The molecule has 1 aliphatic heterocycles. The molecule has 0 aliphatic carbocycles. The van der Waals surface area contributed by atoms with Crippen molar-refractivity contribution in [3.8, 4) is 0 Å². The molecule has 20 heavy (non-hydrogen) atoms. The van der Waals surface area contributed by atoms with Crippen LogP contribution >= 0.6 is 0 Å². The van der Waals surface area contributed by atoms with E-state index in [4.69, 9.17) is 4.74 Å². The second-order valence-corrected chi connectivity index (χ2v) is 4.78. The molecule has 1 aliphatic rings. The van der Waals surface area contributed by atoms with Crippen LogP contribution in [0.15, 0.2) is 31.0 Å². The van der Waals surface area contributed by atoms with Crippen LogP contribution in [-0.4, -0.2) is 36.7 Å². The van der Waals surface area contributed by atoms with Gasteiger partial charge in [0.25, 0.3) is 5.91 Å². The highest BCUT2D eigenvalue weighted by molar-refractivity contribution is 5.94. The number of hydrogen-bond acceptors (Lipinski definition) is 4. The zero-order valence-corrected chi connectivity index (χ0v) is 11.6. The highest BCUT2D eigenvalue weighted by Crippen LogP contribution is 2.15. The van der Waals surface area contributed by atoms with Crippen molar-refractivity contribution >= 4 is 11.7 Å². The Morgan fingerprint density at radius 2 is 2.45 bits per heavy atom. The van der Waals surface area contributed by atoms with Crippen LogP contribution in [0.25, 0.3) is 0 Å². The molecule has 2 N–H and O–H groups in total. The summed E-state index contributed by atoms with van der Waals surface area (Å²) in [5, 5.41) is 5.96. The van der Waals surface area contributed by atoms with Gasteiger partial charge in [-0.05, 0) is 31.4 Å². The van der Waals surface area contributed by atoms with Gasteiger partial charge in [0.15, 0.2) is 0 Å². The van der Waals surface area contributed by atoms with Crippen LogP contribution in [0.3, 0.4) is 0 Å². The molecule has 0 spiro atoms. The number of hydrogen-bond donors (Lipinski definition) is 2. The lowest BCUT2D eigenvalue weighted by molar-refractivity contribution is 0.0957. The third-order valence-electron chi connectivity index (χ3n) is 3.23. The second-order valence-electron chi connectivity index (χ2n) is 4.78. The summed E-state index contributed by atoms with van der Waals surface area (Å²) in [6.07, 6.45) is 6.91. The number of amides is 1. The average Bonchev–Trinajstić information content (AvgIpc) is 2.99. The number of rotatable bonds is 7. The van der Waals surface area contributed by atoms with Crippen molar-refractivity contribution in [1.82, 2.24) is 10.3 Å². The number of carbonyl (C=O) groups is 1. The van der Waals surface area contributed by atoms with Crippen LogP contribution in [0, 0.1) is 0 Å². The van der Waals surface area contributed by atoms with Crippen molar-refractivity contribution < 1.29 is 9.53 Å². The summed E-state index contributed by atoms with van der Waals surface area (Å²) >= 11 is 0. The van der Waals surface area contributed by atoms with Crippen molar-refractivity contribution in [2.24, 2.45) is 0 Å². The van der Waals surface area contributed by atoms with E-state index in [0.29, 0.717) is 18.2 Å². The third kappa shape index (κ3) is 4.35. The van der Waals surface area contributed by atoms with Crippen molar-refractivity contribution in [1.29, 1.82) is 0 Å². The predicted molar refractivity (Wildman–Crippen MR) is 78.8 cm³/mol. The van der Waals surface area contributed by atoms with Crippen LogP contribution in [0.5, 0.6) is 0 Å². The van der Waals surface area contributed by atoms with E-state index in [1.807, 2.05) is 6.07 Å². The van der Waals surface area contributed by atoms with Gasteiger partial charge in [-0.25, -0.2) is 4.98 Å². The Morgan fingerprint density at radius 3 is 3.10 bits per heavy atom. The summed E-state index contributed by atoms with van der Waals surface area (Å²) in [4.78, 5) is 15.9. The predicted octanol–water partition coefficient (Wildman–Crippen LogP) is 1.98. The molecule has 1 aromatic heterocycles. The Labute approximate surface area is 119 Å². The first-order valence-electron chi connectivity index (χ1n) is 7.00. The zero-order valence-electron chi connectivity index (χ0n) is 11.6. The minimum Gasteiger partial charge on any atom is -0.378 e. The van der Waals surface area contributed by atoms with Gasteiger partial charge < -0.3 is 15.4 Å². The Bertz CT molecular complexity index is 439. The first-order chi connectivity index (χ1) is 9.79. The lowest BCUT2D eigenvalue weighted by Gasteiger charge is -2.10. The summed E-state index contributed by atoms with van der Waals surface area (Å²) in [7, 11) is 0. The van der Waals surface area contributed by atoms with Crippen LogP contribution in [0.2, 0.25) is 0 Å². The Morgan fingerprint density at radius 1 is 1.55 bits per heavy atom. The highest BCUT2D eigenvalue weighted by Gasteiger charge is 2.14. The molecule has 5 nitrogen and oxygen atoms in total. The zero-order chi connectivity index (χ0) is 14.2. The minimum atomic E-state index is -0.136. The minimum absolute atomic E-state index is 0.136. The topological polar surface area (TPSA) is 63.2 Å². The molecule has 0 aromatic carbocycles. The molecule has 0 unspecified atom stereocenters. The summed E-state index contributed by atoms with van der Waals surface area (Å²) < 4.78 is 5.56. The van der Waals surface area contributed by atoms with Gasteiger partial charge >= 0.3 is 0 Å². The Kier molecular flexibility index (Phi) is 5.55. The van der Waals surface area contributed by atoms with Crippen LogP contribution in [0.1, 0.15) is 29.6 Å². The molecule has 1 amide bonds. The van der Waals surface area contributed by atoms with Crippen LogP contribution in [0.4, 0.5) is 5.82 Å². The van der Waals surface area contributed by atoms with E-state index in [1.165, 1.54) is 0 Å². The number of anilines is 1.